The molecule has 0 aliphatic carbocycles. The lowest BCUT2D eigenvalue weighted by atomic mass is 10.1. The van der Waals surface area contributed by atoms with Crippen LogP contribution in [-0.4, -0.2) is 47.1 Å². The lowest BCUT2D eigenvalue weighted by molar-refractivity contribution is 0.0667. The van der Waals surface area contributed by atoms with E-state index in [4.69, 9.17) is 4.74 Å². The maximum atomic E-state index is 13.0. The Bertz CT molecular complexity index is 504. The van der Waals surface area contributed by atoms with Gasteiger partial charge in [-0.25, -0.2) is 4.98 Å². The largest absolute Gasteiger partial charge is 0.489 e. The molecule has 0 aromatic carbocycles. The summed E-state index contributed by atoms with van der Waals surface area (Å²) in [6.07, 6.45) is 4.90. The quantitative estimate of drug-likeness (QED) is 0.922. The van der Waals surface area contributed by atoms with Crippen LogP contribution in [0, 0.1) is 0 Å². The van der Waals surface area contributed by atoms with Gasteiger partial charge >= 0.3 is 0 Å². The summed E-state index contributed by atoms with van der Waals surface area (Å²) in [5.74, 6) is 0.608. The fraction of sp³-hybridized carbons (Fsp3) is 0.625. The molecule has 2 unspecified atom stereocenters. The number of hydrogen-bond acceptors (Lipinski definition) is 4. The van der Waals surface area contributed by atoms with Crippen LogP contribution in [0.25, 0.3) is 0 Å². The molecule has 1 aromatic rings. The molecule has 114 valence electrons. The number of nitrogens with one attached hydrogen (secondary N) is 1. The van der Waals surface area contributed by atoms with Gasteiger partial charge in [-0.1, -0.05) is 0 Å². The highest BCUT2D eigenvalue weighted by Gasteiger charge is 2.39. The summed E-state index contributed by atoms with van der Waals surface area (Å²) in [7, 11) is 0. The van der Waals surface area contributed by atoms with Crippen molar-refractivity contribution < 1.29 is 9.53 Å². The van der Waals surface area contributed by atoms with E-state index >= 15 is 0 Å². The van der Waals surface area contributed by atoms with Gasteiger partial charge in [0.1, 0.15) is 0 Å². The summed E-state index contributed by atoms with van der Waals surface area (Å²) in [6, 6.07) is 4.27. The molecule has 21 heavy (non-hydrogen) atoms. The van der Waals surface area contributed by atoms with Crippen LogP contribution in [0.3, 0.4) is 0 Å². The third kappa shape index (κ3) is 2.88. The van der Waals surface area contributed by atoms with Gasteiger partial charge in [-0.3, -0.25) is 4.79 Å². The summed E-state index contributed by atoms with van der Waals surface area (Å²) in [5, 5.41) is 3.42. The molecule has 2 atom stereocenters. The fourth-order valence-corrected chi connectivity index (χ4v) is 3.34. The van der Waals surface area contributed by atoms with Gasteiger partial charge < -0.3 is 15.0 Å². The topological polar surface area (TPSA) is 54.5 Å². The summed E-state index contributed by atoms with van der Waals surface area (Å²) in [5.41, 5.74) is 0.449. The van der Waals surface area contributed by atoms with Gasteiger partial charge in [-0.05, 0) is 51.8 Å². The zero-order valence-electron chi connectivity index (χ0n) is 12.7. The van der Waals surface area contributed by atoms with E-state index in [2.05, 4.69) is 10.3 Å². The molecule has 3 rings (SSSR count). The van der Waals surface area contributed by atoms with Gasteiger partial charge in [0, 0.05) is 24.8 Å². The minimum Gasteiger partial charge on any atom is -0.489 e. The van der Waals surface area contributed by atoms with Crippen LogP contribution in [0.5, 0.6) is 5.75 Å². The van der Waals surface area contributed by atoms with Crippen molar-refractivity contribution in [2.75, 3.05) is 13.1 Å². The monoisotopic (exact) mass is 289 g/mol. The lowest BCUT2D eigenvalue weighted by Crippen LogP contribution is -2.43. The molecule has 1 amide bonds. The number of hydrogen-bond donors (Lipinski definition) is 1. The van der Waals surface area contributed by atoms with Gasteiger partial charge in [0.05, 0.1) is 6.10 Å². The van der Waals surface area contributed by atoms with E-state index in [9.17, 15) is 4.79 Å². The standard InChI is InChI=1S/C16H23N3O2/c1-11(2)21-14-4-3-8-18-15(14)16(20)19-12-5-6-13(19)10-17-9-7-12/h3-4,8,11-13,17H,5-7,9-10H2,1-2H3. The van der Waals surface area contributed by atoms with Gasteiger partial charge in [0.15, 0.2) is 11.4 Å². The molecular formula is C16H23N3O2. The second-order valence-corrected chi connectivity index (χ2v) is 6.11. The van der Waals surface area contributed by atoms with Gasteiger partial charge in [-0.15, -0.1) is 0 Å². The molecule has 1 aromatic heterocycles. The molecule has 2 aliphatic rings. The molecular weight excluding hydrogens is 266 g/mol. The molecule has 1 N–H and O–H groups in total. The summed E-state index contributed by atoms with van der Waals surface area (Å²) >= 11 is 0. The number of fused-ring (bicyclic) bond motifs is 2. The minimum atomic E-state index is 0.0162. The normalized spacial score (nSPS) is 25.0. The van der Waals surface area contributed by atoms with Crippen molar-refractivity contribution in [2.45, 2.75) is 51.3 Å². The first kappa shape index (κ1) is 14.3. The molecule has 0 saturated carbocycles. The zero-order valence-corrected chi connectivity index (χ0v) is 12.7. The number of amides is 1. The highest BCUT2D eigenvalue weighted by Crippen LogP contribution is 2.31. The van der Waals surface area contributed by atoms with Crippen molar-refractivity contribution in [1.29, 1.82) is 0 Å². The smallest absolute Gasteiger partial charge is 0.276 e. The van der Waals surface area contributed by atoms with Gasteiger partial charge in [0.2, 0.25) is 0 Å². The van der Waals surface area contributed by atoms with Crippen molar-refractivity contribution in [3.63, 3.8) is 0 Å². The van der Waals surface area contributed by atoms with Crippen LogP contribution >= 0.6 is 0 Å². The van der Waals surface area contributed by atoms with Crippen molar-refractivity contribution in [3.05, 3.63) is 24.0 Å². The molecule has 2 saturated heterocycles. The van der Waals surface area contributed by atoms with Crippen molar-refractivity contribution in [2.24, 2.45) is 0 Å². The average molecular weight is 289 g/mol. The lowest BCUT2D eigenvalue weighted by Gasteiger charge is -2.28. The second-order valence-electron chi connectivity index (χ2n) is 6.11. The zero-order chi connectivity index (χ0) is 14.8. The molecule has 2 fully saturated rings. The maximum absolute atomic E-state index is 13.0. The first-order chi connectivity index (χ1) is 10.2. The number of rotatable bonds is 3. The van der Waals surface area contributed by atoms with Gasteiger partial charge in [-0.2, -0.15) is 0 Å². The number of nitrogens with zero attached hydrogens (tertiary/aromatic N) is 2. The Morgan fingerprint density at radius 2 is 2.19 bits per heavy atom. The Balaban J connectivity index is 1.88. The van der Waals surface area contributed by atoms with Crippen LogP contribution in [0.15, 0.2) is 18.3 Å². The summed E-state index contributed by atoms with van der Waals surface area (Å²) in [6.45, 7) is 5.79. The Kier molecular flexibility index (Phi) is 4.10. The first-order valence-electron chi connectivity index (χ1n) is 7.82. The van der Waals surface area contributed by atoms with E-state index in [1.54, 1.807) is 6.20 Å². The summed E-state index contributed by atoms with van der Waals surface area (Å²) < 4.78 is 5.75. The molecule has 5 heteroatoms. The Morgan fingerprint density at radius 3 is 3.00 bits per heavy atom. The second kappa shape index (κ2) is 6.02. The van der Waals surface area contributed by atoms with Crippen molar-refractivity contribution in [3.8, 4) is 5.75 Å². The third-order valence-electron chi connectivity index (χ3n) is 4.22. The van der Waals surface area contributed by atoms with Crippen LogP contribution in [-0.2, 0) is 0 Å². The predicted octanol–water partition coefficient (Wildman–Crippen LogP) is 1.84. The van der Waals surface area contributed by atoms with Gasteiger partial charge in [0.25, 0.3) is 5.91 Å². The maximum Gasteiger partial charge on any atom is 0.276 e. The highest BCUT2D eigenvalue weighted by atomic mass is 16.5. The van der Waals surface area contributed by atoms with Crippen LogP contribution < -0.4 is 10.1 Å². The van der Waals surface area contributed by atoms with Crippen molar-refractivity contribution in [1.82, 2.24) is 15.2 Å². The number of carbonyl (C=O) groups is 1. The molecule has 2 aliphatic heterocycles. The third-order valence-corrected chi connectivity index (χ3v) is 4.22. The van der Waals surface area contributed by atoms with E-state index < -0.39 is 0 Å². The highest BCUT2D eigenvalue weighted by molar-refractivity contribution is 5.95. The molecule has 5 nitrogen and oxygen atoms in total. The summed E-state index contributed by atoms with van der Waals surface area (Å²) in [4.78, 5) is 19.3. The minimum absolute atomic E-state index is 0.0162. The van der Waals surface area contributed by atoms with Crippen LogP contribution in [0.1, 0.15) is 43.6 Å². The van der Waals surface area contributed by atoms with E-state index in [-0.39, 0.29) is 12.0 Å². The molecule has 0 spiro atoms. The molecule has 2 bridgehead atoms. The molecule has 0 radical (unpaired) electrons. The first-order valence-corrected chi connectivity index (χ1v) is 7.82. The van der Waals surface area contributed by atoms with E-state index in [0.29, 0.717) is 23.5 Å². The number of pyridine rings is 1. The van der Waals surface area contributed by atoms with Crippen LogP contribution in [0.2, 0.25) is 0 Å². The Morgan fingerprint density at radius 1 is 1.38 bits per heavy atom. The van der Waals surface area contributed by atoms with Crippen molar-refractivity contribution >= 4 is 5.91 Å². The average Bonchev–Trinajstić information content (AvgIpc) is 2.71. The SMILES string of the molecule is CC(C)Oc1cccnc1C(=O)N1C2CCNCC1CC2. The van der Waals surface area contributed by atoms with Crippen LogP contribution in [0.4, 0.5) is 0 Å². The molecule has 3 heterocycles. The van der Waals surface area contributed by atoms with E-state index in [0.717, 1.165) is 32.4 Å². The Labute approximate surface area is 125 Å². The fourth-order valence-electron chi connectivity index (χ4n) is 3.34. The predicted molar refractivity (Wildman–Crippen MR) is 80.5 cm³/mol. The van der Waals surface area contributed by atoms with E-state index in [1.807, 2.05) is 30.9 Å². The Hall–Kier alpha value is -1.62. The van der Waals surface area contributed by atoms with E-state index in [1.165, 1.54) is 0 Å². The number of carbonyl (C=O) groups excluding carboxylic acids is 1. The number of aromatic nitrogens is 1. The number of ether oxygens (including phenoxy) is 1.